The van der Waals surface area contributed by atoms with Gasteiger partial charge in [-0.1, -0.05) is 13.3 Å². The molecule has 0 spiro atoms. The molecule has 0 aliphatic heterocycles. The summed E-state index contributed by atoms with van der Waals surface area (Å²) in [5.74, 6) is -0.341. The quantitative estimate of drug-likeness (QED) is 0.790. The Morgan fingerprint density at radius 1 is 1.14 bits per heavy atom. The minimum absolute atomic E-state index is 0.140. The van der Waals surface area contributed by atoms with Crippen LogP contribution in [0.5, 0.6) is 0 Å². The number of hydrogen-bond donors (Lipinski definition) is 2. The predicted octanol–water partition coefficient (Wildman–Crippen LogP) is 4.02. The highest BCUT2D eigenvalue weighted by Gasteiger charge is 2.07. The van der Waals surface area contributed by atoms with Crippen LogP contribution >= 0.6 is 0 Å². The van der Waals surface area contributed by atoms with Crippen molar-refractivity contribution >= 4 is 17.5 Å². The summed E-state index contributed by atoms with van der Waals surface area (Å²) in [5, 5.41) is 5.96. The summed E-state index contributed by atoms with van der Waals surface area (Å²) >= 11 is 0. The van der Waals surface area contributed by atoms with Crippen LogP contribution in [-0.2, 0) is 0 Å². The average molecular weight is 292 g/mol. The Morgan fingerprint density at radius 2 is 1.95 bits per heavy atom. The third kappa shape index (κ3) is 4.37. The molecule has 0 saturated heterocycles. The zero-order valence-electron chi connectivity index (χ0n) is 12.1. The van der Waals surface area contributed by atoms with E-state index in [2.05, 4.69) is 27.5 Å². The highest BCUT2D eigenvalue weighted by atomic mass is 19.1. The number of unbranched alkanes of at least 4 members (excludes halogenated alkanes) is 1. The lowest BCUT2D eigenvalue weighted by Crippen LogP contribution is -2.07. The molecule has 2 rings (SSSR count). The van der Waals surface area contributed by atoms with Crippen molar-refractivity contribution in [2.45, 2.75) is 26.7 Å². The van der Waals surface area contributed by atoms with Crippen molar-refractivity contribution in [2.75, 3.05) is 17.2 Å². The van der Waals surface area contributed by atoms with Gasteiger partial charge in [0.05, 0.1) is 5.69 Å². The molecule has 4 nitrogen and oxygen atoms in total. The van der Waals surface area contributed by atoms with Gasteiger partial charge in [0.2, 0.25) is 5.95 Å². The van der Waals surface area contributed by atoms with Crippen LogP contribution in [0.4, 0.5) is 26.2 Å². The Bertz CT molecular complexity index is 617. The van der Waals surface area contributed by atoms with Crippen LogP contribution in [0, 0.1) is 18.6 Å². The first kappa shape index (κ1) is 15.2. The van der Waals surface area contributed by atoms with E-state index in [1.807, 2.05) is 13.0 Å². The minimum atomic E-state index is -0.680. The summed E-state index contributed by atoms with van der Waals surface area (Å²) in [6, 6.07) is 5.14. The van der Waals surface area contributed by atoms with E-state index >= 15 is 0 Å². The molecule has 0 unspecified atom stereocenters. The van der Waals surface area contributed by atoms with Gasteiger partial charge in [0.1, 0.15) is 17.5 Å². The van der Waals surface area contributed by atoms with Crippen LogP contribution in [0.25, 0.3) is 0 Å². The number of halogens is 2. The maximum Gasteiger partial charge on any atom is 0.229 e. The monoisotopic (exact) mass is 292 g/mol. The fraction of sp³-hybridized carbons (Fsp3) is 0.333. The van der Waals surface area contributed by atoms with Crippen molar-refractivity contribution in [1.82, 2.24) is 9.97 Å². The molecule has 1 aromatic carbocycles. The van der Waals surface area contributed by atoms with Crippen LogP contribution in [0.2, 0.25) is 0 Å². The summed E-state index contributed by atoms with van der Waals surface area (Å²) < 4.78 is 26.5. The maximum absolute atomic E-state index is 13.6. The van der Waals surface area contributed by atoms with Gasteiger partial charge >= 0.3 is 0 Å². The number of anilines is 3. The molecule has 0 aliphatic carbocycles. The van der Waals surface area contributed by atoms with Crippen molar-refractivity contribution < 1.29 is 8.78 Å². The molecule has 1 aromatic heterocycles. The third-order valence-electron chi connectivity index (χ3n) is 2.87. The molecule has 2 aromatic rings. The molecule has 6 heteroatoms. The highest BCUT2D eigenvalue weighted by molar-refractivity contribution is 5.56. The predicted molar refractivity (Wildman–Crippen MR) is 79.8 cm³/mol. The topological polar surface area (TPSA) is 49.8 Å². The number of hydrogen-bond acceptors (Lipinski definition) is 4. The summed E-state index contributed by atoms with van der Waals surface area (Å²) in [6.07, 6.45) is 2.13. The molecule has 0 radical (unpaired) electrons. The minimum Gasteiger partial charge on any atom is -0.370 e. The zero-order valence-corrected chi connectivity index (χ0v) is 12.1. The summed E-state index contributed by atoms with van der Waals surface area (Å²) in [6.45, 7) is 4.76. The van der Waals surface area contributed by atoms with E-state index in [1.54, 1.807) is 0 Å². The average Bonchev–Trinajstić information content (AvgIpc) is 2.42. The van der Waals surface area contributed by atoms with Gasteiger partial charge in [-0.3, -0.25) is 0 Å². The molecule has 0 fully saturated rings. The van der Waals surface area contributed by atoms with Gasteiger partial charge in [-0.2, -0.15) is 4.98 Å². The summed E-state index contributed by atoms with van der Waals surface area (Å²) in [7, 11) is 0. The molecule has 112 valence electrons. The van der Waals surface area contributed by atoms with Gasteiger partial charge in [-0.05, 0) is 25.5 Å². The lowest BCUT2D eigenvalue weighted by atomic mass is 10.3. The van der Waals surface area contributed by atoms with Gasteiger partial charge in [0.25, 0.3) is 0 Å². The second-order valence-electron chi connectivity index (χ2n) is 4.75. The maximum atomic E-state index is 13.6. The number of aryl methyl sites for hydroxylation is 1. The Labute approximate surface area is 122 Å². The van der Waals surface area contributed by atoms with E-state index in [4.69, 9.17) is 0 Å². The van der Waals surface area contributed by atoms with Crippen LogP contribution in [0.1, 0.15) is 25.5 Å². The molecule has 21 heavy (non-hydrogen) atoms. The smallest absolute Gasteiger partial charge is 0.229 e. The third-order valence-corrected chi connectivity index (χ3v) is 2.87. The Morgan fingerprint density at radius 3 is 2.67 bits per heavy atom. The second-order valence-corrected chi connectivity index (χ2v) is 4.75. The molecule has 0 atom stereocenters. The first-order chi connectivity index (χ1) is 10.1. The number of aromatic nitrogens is 2. The lowest BCUT2D eigenvalue weighted by Gasteiger charge is -2.10. The van der Waals surface area contributed by atoms with Crippen molar-refractivity contribution in [2.24, 2.45) is 0 Å². The second kappa shape index (κ2) is 6.97. The molecule has 0 bridgehead atoms. The standard InChI is InChI=1S/C15H18F2N4/c1-3-4-7-18-14-8-10(2)19-15(21-14)20-13-6-5-11(16)9-12(13)17/h5-6,8-9H,3-4,7H2,1-2H3,(H2,18,19,20,21). The van der Waals surface area contributed by atoms with Crippen molar-refractivity contribution in [3.63, 3.8) is 0 Å². The molecular formula is C15H18F2N4. The van der Waals surface area contributed by atoms with Crippen LogP contribution in [-0.4, -0.2) is 16.5 Å². The SMILES string of the molecule is CCCCNc1cc(C)nc(Nc2ccc(F)cc2F)n1. The van der Waals surface area contributed by atoms with E-state index in [0.717, 1.165) is 31.1 Å². The normalized spacial score (nSPS) is 10.5. The van der Waals surface area contributed by atoms with E-state index in [0.29, 0.717) is 5.82 Å². The first-order valence-electron chi connectivity index (χ1n) is 6.90. The Kier molecular flexibility index (Phi) is 5.03. The number of nitrogens with one attached hydrogen (secondary N) is 2. The van der Waals surface area contributed by atoms with Crippen molar-refractivity contribution in [3.05, 3.63) is 41.6 Å². The van der Waals surface area contributed by atoms with E-state index in [1.165, 1.54) is 12.1 Å². The van der Waals surface area contributed by atoms with Gasteiger partial charge in [0.15, 0.2) is 0 Å². The molecule has 1 heterocycles. The largest absolute Gasteiger partial charge is 0.370 e. The fourth-order valence-corrected chi connectivity index (χ4v) is 1.82. The van der Waals surface area contributed by atoms with Crippen LogP contribution < -0.4 is 10.6 Å². The van der Waals surface area contributed by atoms with Gasteiger partial charge in [0, 0.05) is 24.4 Å². The van der Waals surface area contributed by atoms with Gasteiger partial charge < -0.3 is 10.6 Å². The molecule has 0 aliphatic rings. The summed E-state index contributed by atoms with van der Waals surface area (Å²) in [5.41, 5.74) is 0.899. The van der Waals surface area contributed by atoms with Crippen LogP contribution in [0.3, 0.4) is 0 Å². The van der Waals surface area contributed by atoms with Gasteiger partial charge in [-0.15, -0.1) is 0 Å². The lowest BCUT2D eigenvalue weighted by molar-refractivity contribution is 0.586. The zero-order chi connectivity index (χ0) is 15.2. The van der Waals surface area contributed by atoms with Crippen molar-refractivity contribution in [1.29, 1.82) is 0 Å². The fourth-order valence-electron chi connectivity index (χ4n) is 1.82. The number of rotatable bonds is 6. The van der Waals surface area contributed by atoms with Crippen LogP contribution in [0.15, 0.2) is 24.3 Å². The Balaban J connectivity index is 2.15. The summed E-state index contributed by atoms with van der Waals surface area (Å²) in [4.78, 5) is 8.47. The van der Waals surface area contributed by atoms with Crippen molar-refractivity contribution in [3.8, 4) is 0 Å². The molecule has 0 amide bonds. The number of nitrogens with zero attached hydrogens (tertiary/aromatic N) is 2. The molecule has 2 N–H and O–H groups in total. The van der Waals surface area contributed by atoms with E-state index in [9.17, 15) is 8.78 Å². The molecule has 0 saturated carbocycles. The van der Waals surface area contributed by atoms with Gasteiger partial charge in [-0.25, -0.2) is 13.8 Å². The Hall–Kier alpha value is -2.24. The van der Waals surface area contributed by atoms with E-state index in [-0.39, 0.29) is 11.6 Å². The number of benzene rings is 1. The molecular weight excluding hydrogens is 274 g/mol. The van der Waals surface area contributed by atoms with E-state index < -0.39 is 11.6 Å². The first-order valence-corrected chi connectivity index (χ1v) is 6.90. The highest BCUT2D eigenvalue weighted by Crippen LogP contribution is 2.19.